The molecule has 2 N–H and O–H groups in total. The highest BCUT2D eigenvalue weighted by molar-refractivity contribution is 9.10. The molecule has 1 aliphatic carbocycles. The molecule has 7 heteroatoms. The monoisotopic (exact) mass is 337 g/mol. The zero-order valence-corrected chi connectivity index (χ0v) is 11.8. The lowest BCUT2D eigenvalue weighted by atomic mass is 9.91. The van der Waals surface area contributed by atoms with Crippen LogP contribution in [0.5, 0.6) is 0 Å². The zero-order valence-electron chi connectivity index (χ0n) is 10.3. The summed E-state index contributed by atoms with van der Waals surface area (Å²) in [5.41, 5.74) is 4.81. The Bertz CT molecular complexity index is 446. The van der Waals surface area contributed by atoms with Crippen molar-refractivity contribution in [3.8, 4) is 0 Å². The molecule has 1 heterocycles. The first-order valence-electron chi connectivity index (χ1n) is 6.13. The molecule has 0 amide bonds. The quantitative estimate of drug-likeness (QED) is 0.917. The van der Waals surface area contributed by atoms with E-state index in [1.165, 1.54) is 6.20 Å². The second-order valence-electron chi connectivity index (χ2n) is 4.59. The number of rotatable bonds is 4. The van der Waals surface area contributed by atoms with Crippen LogP contribution in [0.15, 0.2) is 16.7 Å². The third-order valence-electron chi connectivity index (χ3n) is 3.30. The Kier molecular flexibility index (Phi) is 4.35. The van der Waals surface area contributed by atoms with Gasteiger partial charge in [-0.05, 0) is 41.3 Å². The third-order valence-corrected chi connectivity index (χ3v) is 3.73. The largest absolute Gasteiger partial charge is 0.419 e. The number of nitrogens with zero attached hydrogens (tertiary/aromatic N) is 2. The van der Waals surface area contributed by atoms with Gasteiger partial charge in [0.1, 0.15) is 5.82 Å². The first kappa shape index (κ1) is 14.6. The fourth-order valence-electron chi connectivity index (χ4n) is 2.17. The predicted molar refractivity (Wildman–Crippen MR) is 71.0 cm³/mol. The highest BCUT2D eigenvalue weighted by atomic mass is 79.9. The van der Waals surface area contributed by atoms with Crippen LogP contribution in [0.2, 0.25) is 0 Å². The minimum Gasteiger partial charge on any atom is -0.352 e. The van der Waals surface area contributed by atoms with Crippen LogP contribution >= 0.6 is 15.9 Å². The molecule has 2 rings (SSSR count). The topological polar surface area (TPSA) is 42.1 Å². The van der Waals surface area contributed by atoms with Crippen LogP contribution in [-0.2, 0) is 6.18 Å². The summed E-state index contributed by atoms with van der Waals surface area (Å²) in [7, 11) is 0. The number of hydrogen-bond acceptors (Lipinski definition) is 3. The molecule has 0 unspecified atom stereocenters. The molecular formula is C12H15BrF3N3. The number of hydrogen-bond donors (Lipinski definition) is 1. The van der Waals surface area contributed by atoms with E-state index in [2.05, 4.69) is 20.9 Å². The molecule has 1 saturated carbocycles. The van der Waals surface area contributed by atoms with Crippen LogP contribution in [0.3, 0.4) is 0 Å². The maximum atomic E-state index is 13.1. The Morgan fingerprint density at radius 3 is 2.58 bits per heavy atom. The van der Waals surface area contributed by atoms with E-state index in [9.17, 15) is 13.2 Å². The van der Waals surface area contributed by atoms with Crippen molar-refractivity contribution < 1.29 is 13.2 Å². The van der Waals surface area contributed by atoms with Gasteiger partial charge in [0.2, 0.25) is 0 Å². The smallest absolute Gasteiger partial charge is 0.352 e. The van der Waals surface area contributed by atoms with E-state index in [-0.39, 0.29) is 11.9 Å². The molecule has 0 aliphatic heterocycles. The van der Waals surface area contributed by atoms with Crippen molar-refractivity contribution in [2.45, 2.75) is 31.5 Å². The molecule has 3 nitrogen and oxygen atoms in total. The number of nitrogens with two attached hydrogens (primary N) is 1. The molecule has 1 aliphatic rings. The molecule has 0 saturated heterocycles. The third kappa shape index (κ3) is 3.20. The van der Waals surface area contributed by atoms with Crippen LogP contribution in [0.4, 0.5) is 19.0 Å². The maximum absolute atomic E-state index is 13.1. The summed E-state index contributed by atoms with van der Waals surface area (Å²) in [6.45, 7) is 0.702. The molecule has 1 aromatic heterocycles. The van der Waals surface area contributed by atoms with Crippen LogP contribution < -0.4 is 10.6 Å². The highest BCUT2D eigenvalue weighted by Crippen LogP contribution is 2.39. The average Bonchev–Trinajstić information content (AvgIpc) is 2.25. The minimum absolute atomic E-state index is 0.00847. The fraction of sp³-hybridized carbons (Fsp3) is 0.583. The number of pyridine rings is 1. The van der Waals surface area contributed by atoms with E-state index >= 15 is 0 Å². The molecule has 19 heavy (non-hydrogen) atoms. The Labute approximate surface area is 118 Å². The van der Waals surface area contributed by atoms with Crippen molar-refractivity contribution in [2.24, 2.45) is 5.73 Å². The zero-order chi connectivity index (χ0) is 14.0. The van der Waals surface area contributed by atoms with Gasteiger partial charge < -0.3 is 10.6 Å². The van der Waals surface area contributed by atoms with Crippen molar-refractivity contribution in [2.75, 3.05) is 18.0 Å². The van der Waals surface area contributed by atoms with Gasteiger partial charge in [-0.15, -0.1) is 0 Å². The van der Waals surface area contributed by atoms with Crippen molar-refractivity contribution in [1.82, 2.24) is 4.98 Å². The van der Waals surface area contributed by atoms with E-state index in [0.717, 1.165) is 25.3 Å². The van der Waals surface area contributed by atoms with Gasteiger partial charge in [0.15, 0.2) is 0 Å². The lowest BCUT2D eigenvalue weighted by Crippen LogP contribution is -2.44. The average molecular weight is 338 g/mol. The van der Waals surface area contributed by atoms with Crippen LogP contribution in [-0.4, -0.2) is 24.1 Å². The van der Waals surface area contributed by atoms with E-state index < -0.39 is 11.7 Å². The maximum Gasteiger partial charge on any atom is 0.419 e. The summed E-state index contributed by atoms with van der Waals surface area (Å²) in [6.07, 6.45) is -0.177. The van der Waals surface area contributed by atoms with E-state index in [1.54, 1.807) is 4.90 Å². The van der Waals surface area contributed by atoms with E-state index in [0.29, 0.717) is 17.6 Å². The number of anilines is 1. The Hall–Kier alpha value is -0.820. The van der Waals surface area contributed by atoms with Crippen molar-refractivity contribution in [1.29, 1.82) is 0 Å². The van der Waals surface area contributed by atoms with Gasteiger partial charge >= 0.3 is 6.18 Å². The van der Waals surface area contributed by atoms with Crippen molar-refractivity contribution >= 4 is 21.7 Å². The summed E-state index contributed by atoms with van der Waals surface area (Å²) >= 11 is 3.04. The number of alkyl halides is 3. The first-order chi connectivity index (χ1) is 8.93. The van der Waals surface area contributed by atoms with Gasteiger partial charge in [-0.25, -0.2) is 4.98 Å². The second-order valence-corrected chi connectivity index (χ2v) is 5.50. The molecule has 1 fully saturated rings. The van der Waals surface area contributed by atoms with Gasteiger partial charge in [-0.3, -0.25) is 0 Å². The van der Waals surface area contributed by atoms with E-state index in [1.807, 2.05) is 0 Å². The van der Waals surface area contributed by atoms with Crippen LogP contribution in [0.25, 0.3) is 0 Å². The normalized spacial score (nSPS) is 16.3. The second kappa shape index (κ2) is 5.66. The Morgan fingerprint density at radius 1 is 1.42 bits per heavy atom. The van der Waals surface area contributed by atoms with Crippen molar-refractivity contribution in [3.05, 3.63) is 22.3 Å². The summed E-state index contributed by atoms with van der Waals surface area (Å²) in [5.74, 6) is -0.00847. The molecule has 0 bridgehead atoms. The number of halogens is 4. The minimum atomic E-state index is -4.41. The molecule has 0 atom stereocenters. The lowest BCUT2D eigenvalue weighted by molar-refractivity contribution is -0.137. The number of aromatic nitrogens is 1. The molecule has 106 valence electrons. The van der Waals surface area contributed by atoms with Gasteiger partial charge in [-0.1, -0.05) is 0 Å². The van der Waals surface area contributed by atoms with Crippen molar-refractivity contribution in [3.63, 3.8) is 0 Å². The molecule has 0 spiro atoms. The molecule has 1 aromatic rings. The van der Waals surface area contributed by atoms with Crippen LogP contribution in [0, 0.1) is 0 Å². The van der Waals surface area contributed by atoms with Gasteiger partial charge in [0.25, 0.3) is 0 Å². The summed E-state index contributed by atoms with van der Waals surface area (Å²) in [6, 6.07) is 1.20. The van der Waals surface area contributed by atoms with Crippen LogP contribution in [0.1, 0.15) is 24.8 Å². The first-order valence-corrected chi connectivity index (χ1v) is 6.92. The predicted octanol–water partition coefficient (Wildman–Crippen LogP) is 3.18. The molecular weight excluding hydrogens is 323 g/mol. The van der Waals surface area contributed by atoms with Gasteiger partial charge in [0.05, 0.1) is 5.56 Å². The Morgan fingerprint density at radius 2 is 2.11 bits per heavy atom. The van der Waals surface area contributed by atoms with Gasteiger partial charge in [0, 0.05) is 29.8 Å². The summed E-state index contributed by atoms with van der Waals surface area (Å²) < 4.78 is 39.6. The SMILES string of the molecule is NCCN(c1ncc(Br)cc1C(F)(F)F)C1CCC1. The Balaban J connectivity index is 2.40. The van der Waals surface area contributed by atoms with E-state index in [4.69, 9.17) is 5.73 Å². The molecule has 0 aromatic carbocycles. The summed E-state index contributed by atoms with van der Waals surface area (Å²) in [5, 5.41) is 0. The standard InChI is InChI=1S/C12H15BrF3N3/c13-8-6-10(12(14,15)16)11(18-7-8)19(5-4-17)9-2-1-3-9/h6-7,9H,1-5,17H2. The van der Waals surface area contributed by atoms with Gasteiger partial charge in [-0.2, -0.15) is 13.2 Å². The highest BCUT2D eigenvalue weighted by Gasteiger charge is 2.38. The lowest BCUT2D eigenvalue weighted by Gasteiger charge is -2.39. The summed E-state index contributed by atoms with van der Waals surface area (Å²) in [4.78, 5) is 5.66. The molecule has 0 radical (unpaired) electrons. The fourth-order valence-corrected chi connectivity index (χ4v) is 2.50.